The van der Waals surface area contributed by atoms with Crippen LogP contribution in [0.5, 0.6) is 5.75 Å². The Hall–Kier alpha value is -1.64. The Labute approximate surface area is 124 Å². The second kappa shape index (κ2) is 7.39. The smallest absolute Gasteiger partial charge is 0.238 e. The van der Waals surface area contributed by atoms with E-state index in [-0.39, 0.29) is 17.2 Å². The molecule has 0 aromatic heterocycles. The van der Waals surface area contributed by atoms with Gasteiger partial charge in [0.25, 0.3) is 0 Å². The van der Waals surface area contributed by atoms with E-state index >= 15 is 0 Å². The number of primary sulfonamides is 1. The van der Waals surface area contributed by atoms with Gasteiger partial charge < -0.3 is 14.4 Å². The summed E-state index contributed by atoms with van der Waals surface area (Å²) in [5.74, 6) is 0.271. The van der Waals surface area contributed by atoms with Crippen LogP contribution in [0, 0.1) is 0 Å². The van der Waals surface area contributed by atoms with Crippen molar-refractivity contribution in [3.05, 3.63) is 23.8 Å². The molecule has 0 fully saturated rings. The highest BCUT2D eigenvalue weighted by atomic mass is 32.2. The van der Waals surface area contributed by atoms with Crippen LogP contribution < -0.4 is 9.88 Å². The third-order valence-corrected chi connectivity index (χ3v) is 3.89. The second-order valence-corrected chi connectivity index (χ2v) is 6.06. The van der Waals surface area contributed by atoms with E-state index in [2.05, 4.69) is 0 Å². The van der Waals surface area contributed by atoms with E-state index in [0.717, 1.165) is 0 Å². The largest absolute Gasteiger partial charge is 0.496 e. The lowest BCUT2D eigenvalue weighted by Crippen LogP contribution is -2.31. The first-order chi connectivity index (χ1) is 9.79. The highest BCUT2D eigenvalue weighted by Gasteiger charge is 2.16. The predicted molar refractivity (Wildman–Crippen MR) is 77.6 cm³/mol. The standard InChI is InChI=1S/C13H20N2O5S/c1-15(6-7-19-2)13(16)9-10-8-11(21(14,17)18)4-5-12(10)20-3/h4-5,8H,6-7,9H2,1-3H3,(H2,14,17,18). The summed E-state index contributed by atoms with van der Waals surface area (Å²) in [4.78, 5) is 13.5. The third kappa shape index (κ3) is 5.00. The first-order valence-electron chi connectivity index (χ1n) is 6.22. The SMILES string of the molecule is COCCN(C)C(=O)Cc1cc(S(N)(=O)=O)ccc1OC. The van der Waals surface area contributed by atoms with Crippen molar-refractivity contribution >= 4 is 15.9 Å². The van der Waals surface area contributed by atoms with Gasteiger partial charge in [-0.1, -0.05) is 0 Å². The minimum atomic E-state index is -3.82. The molecule has 2 N–H and O–H groups in total. The summed E-state index contributed by atoms with van der Waals surface area (Å²) in [7, 11) is 0.835. The van der Waals surface area contributed by atoms with Gasteiger partial charge in [0, 0.05) is 26.3 Å². The molecule has 0 bridgehead atoms. The Morgan fingerprint density at radius 3 is 2.52 bits per heavy atom. The minimum Gasteiger partial charge on any atom is -0.496 e. The Morgan fingerprint density at radius 2 is 2.00 bits per heavy atom. The van der Waals surface area contributed by atoms with Crippen LogP contribution in [0.25, 0.3) is 0 Å². The van der Waals surface area contributed by atoms with Crippen molar-refractivity contribution in [2.75, 3.05) is 34.4 Å². The van der Waals surface area contributed by atoms with Crippen molar-refractivity contribution in [1.29, 1.82) is 0 Å². The Morgan fingerprint density at radius 1 is 1.33 bits per heavy atom. The summed E-state index contributed by atoms with van der Waals surface area (Å²) in [6, 6.07) is 4.19. The number of amides is 1. The molecular weight excluding hydrogens is 296 g/mol. The number of rotatable bonds is 7. The fourth-order valence-electron chi connectivity index (χ4n) is 1.72. The van der Waals surface area contributed by atoms with Crippen molar-refractivity contribution in [2.45, 2.75) is 11.3 Å². The monoisotopic (exact) mass is 316 g/mol. The second-order valence-electron chi connectivity index (χ2n) is 4.50. The number of carbonyl (C=O) groups is 1. The molecule has 0 saturated carbocycles. The quantitative estimate of drug-likeness (QED) is 0.763. The number of nitrogens with zero attached hydrogens (tertiary/aromatic N) is 1. The number of benzene rings is 1. The van der Waals surface area contributed by atoms with Gasteiger partial charge in [0.2, 0.25) is 15.9 Å². The van der Waals surface area contributed by atoms with Crippen LogP contribution >= 0.6 is 0 Å². The molecule has 0 atom stereocenters. The van der Waals surface area contributed by atoms with Crippen molar-refractivity contribution in [2.24, 2.45) is 5.14 Å². The number of nitrogens with two attached hydrogens (primary N) is 1. The van der Waals surface area contributed by atoms with E-state index < -0.39 is 10.0 Å². The lowest BCUT2D eigenvalue weighted by molar-refractivity contribution is -0.129. The highest BCUT2D eigenvalue weighted by Crippen LogP contribution is 2.22. The molecule has 1 rings (SSSR count). The van der Waals surface area contributed by atoms with Crippen LogP contribution in [0.15, 0.2) is 23.1 Å². The van der Waals surface area contributed by atoms with Crippen molar-refractivity contribution in [3.8, 4) is 5.75 Å². The molecule has 8 heteroatoms. The number of sulfonamides is 1. The zero-order valence-electron chi connectivity index (χ0n) is 12.3. The van der Waals surface area contributed by atoms with E-state index in [0.29, 0.717) is 24.5 Å². The van der Waals surface area contributed by atoms with Crippen molar-refractivity contribution < 1.29 is 22.7 Å². The molecule has 0 saturated heterocycles. The molecule has 118 valence electrons. The zero-order chi connectivity index (χ0) is 16.0. The van der Waals surface area contributed by atoms with Gasteiger partial charge in [0.1, 0.15) is 5.75 Å². The maximum Gasteiger partial charge on any atom is 0.238 e. The Balaban J connectivity index is 2.98. The summed E-state index contributed by atoms with van der Waals surface area (Å²) < 4.78 is 32.8. The van der Waals surface area contributed by atoms with Crippen LogP contribution in [0.1, 0.15) is 5.56 Å². The number of ether oxygens (including phenoxy) is 2. The molecule has 1 aromatic rings. The molecule has 0 aliphatic carbocycles. The molecule has 0 unspecified atom stereocenters. The van der Waals surface area contributed by atoms with Gasteiger partial charge in [-0.15, -0.1) is 0 Å². The Bertz CT molecular complexity index is 601. The van der Waals surface area contributed by atoms with Crippen LogP contribution in [-0.4, -0.2) is 53.6 Å². The molecule has 21 heavy (non-hydrogen) atoms. The molecule has 0 radical (unpaired) electrons. The van der Waals surface area contributed by atoms with Crippen LogP contribution in [0.4, 0.5) is 0 Å². The Kier molecular flexibility index (Phi) is 6.13. The molecule has 0 spiro atoms. The normalized spacial score (nSPS) is 11.2. The molecular formula is C13H20N2O5S. The lowest BCUT2D eigenvalue weighted by atomic mass is 10.1. The number of carbonyl (C=O) groups excluding carboxylic acids is 1. The molecule has 0 aliphatic rings. The maximum atomic E-state index is 12.1. The fraction of sp³-hybridized carbons (Fsp3) is 0.462. The summed E-state index contributed by atoms with van der Waals surface area (Å²) >= 11 is 0. The molecule has 0 aliphatic heterocycles. The zero-order valence-corrected chi connectivity index (χ0v) is 13.1. The summed E-state index contributed by atoms with van der Waals surface area (Å²) in [6.07, 6.45) is 0.0206. The maximum absolute atomic E-state index is 12.1. The topological polar surface area (TPSA) is 98.9 Å². The van der Waals surface area contributed by atoms with E-state index in [4.69, 9.17) is 14.6 Å². The van der Waals surface area contributed by atoms with E-state index in [1.54, 1.807) is 14.2 Å². The van der Waals surface area contributed by atoms with Gasteiger partial charge in [-0.2, -0.15) is 0 Å². The van der Waals surface area contributed by atoms with Gasteiger partial charge in [-0.05, 0) is 18.2 Å². The predicted octanol–water partition coefficient (Wildman–Crippen LogP) is -0.0101. The van der Waals surface area contributed by atoms with Crippen LogP contribution in [0.2, 0.25) is 0 Å². The van der Waals surface area contributed by atoms with Crippen molar-refractivity contribution in [3.63, 3.8) is 0 Å². The van der Waals surface area contributed by atoms with Crippen LogP contribution in [-0.2, 0) is 26.0 Å². The molecule has 1 aromatic carbocycles. The molecule has 1 amide bonds. The summed E-state index contributed by atoms with van der Waals surface area (Å²) in [5, 5.41) is 5.09. The van der Waals surface area contributed by atoms with Gasteiger partial charge in [-0.25, -0.2) is 13.6 Å². The molecule has 0 heterocycles. The first-order valence-corrected chi connectivity index (χ1v) is 7.77. The van der Waals surface area contributed by atoms with Gasteiger partial charge in [0.15, 0.2) is 0 Å². The summed E-state index contributed by atoms with van der Waals surface area (Å²) in [6.45, 7) is 0.878. The fourth-order valence-corrected chi connectivity index (χ4v) is 2.29. The number of methoxy groups -OCH3 is 2. The highest BCUT2D eigenvalue weighted by molar-refractivity contribution is 7.89. The van der Waals surface area contributed by atoms with E-state index in [1.165, 1.54) is 30.2 Å². The van der Waals surface area contributed by atoms with E-state index in [1.807, 2.05) is 0 Å². The van der Waals surface area contributed by atoms with Gasteiger partial charge in [0.05, 0.1) is 25.0 Å². The minimum absolute atomic E-state index is 0.0206. The van der Waals surface area contributed by atoms with Crippen LogP contribution in [0.3, 0.4) is 0 Å². The molecule has 7 nitrogen and oxygen atoms in total. The van der Waals surface area contributed by atoms with Crippen molar-refractivity contribution in [1.82, 2.24) is 4.90 Å². The average molecular weight is 316 g/mol. The summed E-state index contributed by atoms with van der Waals surface area (Å²) in [5.41, 5.74) is 0.471. The lowest BCUT2D eigenvalue weighted by Gasteiger charge is -2.17. The van der Waals surface area contributed by atoms with Gasteiger partial charge >= 0.3 is 0 Å². The van der Waals surface area contributed by atoms with E-state index in [9.17, 15) is 13.2 Å². The number of hydrogen-bond acceptors (Lipinski definition) is 5. The van der Waals surface area contributed by atoms with Gasteiger partial charge in [-0.3, -0.25) is 4.79 Å². The third-order valence-electron chi connectivity index (χ3n) is 2.98. The number of hydrogen-bond donors (Lipinski definition) is 1. The average Bonchev–Trinajstić information content (AvgIpc) is 2.43. The number of likely N-dealkylation sites (N-methyl/N-ethyl adjacent to an activating group) is 1. The first kappa shape index (κ1) is 17.4.